The summed E-state index contributed by atoms with van der Waals surface area (Å²) in [5, 5.41) is 0. The molecule has 4 rings (SSSR count). The molecule has 0 saturated heterocycles. The standard InChI is InChI=1S/C23H25N3O4S/c1-25-21-7-5-15-26(14-4-6-17-8-10-18(29-2)11-9-17)23(21)24-20-16-19(30-3)12-13-22(20)31(25,27)28/h5,7-13,15-16H,4,6,14H2,1-3H3. The minimum absolute atomic E-state index is 0.164. The first kappa shape index (κ1) is 21.0. The molecule has 0 aliphatic carbocycles. The van der Waals surface area contributed by atoms with Crippen molar-refractivity contribution in [1.29, 1.82) is 0 Å². The van der Waals surface area contributed by atoms with Gasteiger partial charge in [0.25, 0.3) is 10.0 Å². The number of rotatable bonds is 6. The van der Waals surface area contributed by atoms with Crippen LogP contribution in [0.3, 0.4) is 0 Å². The van der Waals surface area contributed by atoms with Crippen molar-refractivity contribution in [2.75, 3.05) is 27.8 Å². The minimum Gasteiger partial charge on any atom is -0.497 e. The Morgan fingerprint density at radius 1 is 1.00 bits per heavy atom. The van der Waals surface area contributed by atoms with Gasteiger partial charge in [-0.1, -0.05) is 12.1 Å². The van der Waals surface area contributed by atoms with Gasteiger partial charge in [-0.25, -0.2) is 13.4 Å². The topological polar surface area (TPSA) is 71.4 Å². The second-order valence-electron chi connectivity index (χ2n) is 7.28. The van der Waals surface area contributed by atoms with Gasteiger partial charge in [0.2, 0.25) is 0 Å². The van der Waals surface area contributed by atoms with Crippen molar-refractivity contribution < 1.29 is 17.9 Å². The summed E-state index contributed by atoms with van der Waals surface area (Å²) in [7, 11) is 1.04. The zero-order valence-corrected chi connectivity index (χ0v) is 18.6. The Bertz CT molecular complexity index is 1170. The third-order valence-corrected chi connectivity index (χ3v) is 7.23. The Morgan fingerprint density at radius 3 is 2.42 bits per heavy atom. The molecule has 0 atom stereocenters. The Balaban J connectivity index is 1.60. The van der Waals surface area contributed by atoms with E-state index in [1.807, 2.05) is 29.3 Å². The molecule has 0 aromatic heterocycles. The van der Waals surface area contributed by atoms with Crippen molar-refractivity contribution in [1.82, 2.24) is 9.21 Å². The number of ether oxygens (including phenoxy) is 2. The van der Waals surface area contributed by atoms with Crippen LogP contribution in [0.2, 0.25) is 0 Å². The number of benzene rings is 2. The van der Waals surface area contributed by atoms with Crippen LogP contribution in [0.1, 0.15) is 12.0 Å². The molecule has 0 unspecified atom stereocenters. The SMILES string of the molecule is COc1ccc(CCCN2C=CC=C3C2=Nc2cc(OC)ccc2S(=O)(=O)N3C)cc1. The van der Waals surface area contributed by atoms with E-state index in [9.17, 15) is 8.42 Å². The van der Waals surface area contributed by atoms with Gasteiger partial charge in [-0.15, -0.1) is 0 Å². The van der Waals surface area contributed by atoms with Crippen LogP contribution in [0.25, 0.3) is 0 Å². The molecule has 31 heavy (non-hydrogen) atoms. The number of nitrogens with zero attached hydrogens (tertiary/aromatic N) is 3. The van der Waals surface area contributed by atoms with Gasteiger partial charge < -0.3 is 14.4 Å². The average Bonchev–Trinajstić information content (AvgIpc) is 2.87. The molecule has 0 spiro atoms. The molecule has 162 valence electrons. The molecule has 0 N–H and O–H groups in total. The first-order valence-electron chi connectivity index (χ1n) is 9.98. The summed E-state index contributed by atoms with van der Waals surface area (Å²) in [6.07, 6.45) is 7.33. The van der Waals surface area contributed by atoms with Crippen LogP contribution in [0, 0.1) is 0 Å². The number of amidine groups is 1. The quantitative estimate of drug-likeness (QED) is 0.686. The smallest absolute Gasteiger partial charge is 0.266 e. The highest BCUT2D eigenvalue weighted by Crippen LogP contribution is 2.36. The fraction of sp³-hybridized carbons (Fsp3) is 0.261. The number of sulfonamides is 1. The minimum atomic E-state index is -3.72. The van der Waals surface area contributed by atoms with Crippen molar-refractivity contribution in [2.24, 2.45) is 4.99 Å². The summed E-state index contributed by atoms with van der Waals surface area (Å²) in [4.78, 5) is 6.91. The maximum absolute atomic E-state index is 13.2. The predicted octanol–water partition coefficient (Wildman–Crippen LogP) is 3.71. The number of aryl methyl sites for hydroxylation is 1. The molecule has 8 heteroatoms. The average molecular weight is 440 g/mol. The molecular weight excluding hydrogens is 414 g/mol. The Morgan fingerprint density at radius 2 is 1.71 bits per heavy atom. The van der Waals surface area contributed by atoms with Crippen LogP contribution in [0.5, 0.6) is 11.5 Å². The van der Waals surface area contributed by atoms with Crippen LogP contribution in [-0.2, 0) is 16.4 Å². The highest BCUT2D eigenvalue weighted by Gasteiger charge is 2.34. The molecule has 2 aromatic rings. The first-order chi connectivity index (χ1) is 14.9. The molecule has 0 saturated carbocycles. The fourth-order valence-electron chi connectivity index (χ4n) is 3.64. The van der Waals surface area contributed by atoms with Gasteiger partial charge in [0.1, 0.15) is 16.4 Å². The van der Waals surface area contributed by atoms with E-state index >= 15 is 0 Å². The highest BCUT2D eigenvalue weighted by molar-refractivity contribution is 7.89. The summed E-state index contributed by atoms with van der Waals surface area (Å²) < 4.78 is 38.1. The second-order valence-corrected chi connectivity index (χ2v) is 9.22. The predicted molar refractivity (Wildman–Crippen MR) is 120 cm³/mol. The van der Waals surface area contributed by atoms with Crippen molar-refractivity contribution in [3.05, 3.63) is 72.1 Å². The molecule has 0 amide bonds. The van der Waals surface area contributed by atoms with Crippen LogP contribution < -0.4 is 9.47 Å². The monoisotopic (exact) mass is 439 g/mol. The molecule has 2 heterocycles. The lowest BCUT2D eigenvalue weighted by Crippen LogP contribution is -2.37. The summed E-state index contributed by atoms with van der Waals surface area (Å²) in [6, 6.07) is 12.9. The molecule has 2 aromatic carbocycles. The zero-order valence-electron chi connectivity index (χ0n) is 17.8. The number of likely N-dealkylation sites (N-methyl/N-ethyl adjacent to an activating group) is 1. The van der Waals surface area contributed by atoms with Crippen LogP contribution in [0.15, 0.2) is 76.4 Å². The van der Waals surface area contributed by atoms with Crippen LogP contribution >= 0.6 is 0 Å². The van der Waals surface area contributed by atoms with Gasteiger partial charge in [-0.2, -0.15) is 0 Å². The third kappa shape index (κ3) is 4.03. The molecule has 7 nitrogen and oxygen atoms in total. The molecule has 0 fully saturated rings. The van der Waals surface area contributed by atoms with Crippen molar-refractivity contribution in [3.63, 3.8) is 0 Å². The molecule has 2 aliphatic heterocycles. The summed E-state index contributed by atoms with van der Waals surface area (Å²) in [5.74, 6) is 2.00. The molecule has 0 bridgehead atoms. The van der Waals surface area contributed by atoms with Crippen molar-refractivity contribution in [3.8, 4) is 11.5 Å². The lowest BCUT2D eigenvalue weighted by molar-refractivity contribution is 0.414. The molecule has 2 aliphatic rings. The van der Waals surface area contributed by atoms with Gasteiger partial charge in [0.05, 0.1) is 25.6 Å². The maximum atomic E-state index is 13.2. The summed E-state index contributed by atoms with van der Waals surface area (Å²) >= 11 is 0. The van der Waals surface area contributed by atoms with E-state index in [0.717, 1.165) is 18.6 Å². The van der Waals surface area contributed by atoms with Crippen LogP contribution in [-0.4, -0.2) is 51.3 Å². The normalized spacial score (nSPS) is 16.6. The van der Waals surface area contributed by atoms with Crippen molar-refractivity contribution in [2.45, 2.75) is 17.7 Å². The van der Waals surface area contributed by atoms with E-state index in [2.05, 4.69) is 12.1 Å². The Kier molecular flexibility index (Phi) is 5.73. The van der Waals surface area contributed by atoms with Gasteiger partial charge in [0, 0.05) is 25.9 Å². The number of aliphatic imine (C=N–C) groups is 1. The summed E-state index contributed by atoms with van der Waals surface area (Å²) in [6.45, 7) is 0.700. The zero-order chi connectivity index (χ0) is 22.0. The van der Waals surface area contributed by atoms with Gasteiger partial charge >= 0.3 is 0 Å². The Labute approximate surface area is 183 Å². The lowest BCUT2D eigenvalue weighted by atomic mass is 10.1. The van der Waals surface area contributed by atoms with Gasteiger partial charge in [-0.3, -0.25) is 4.31 Å². The summed E-state index contributed by atoms with van der Waals surface area (Å²) in [5.41, 5.74) is 2.14. The van der Waals surface area contributed by atoms with Crippen molar-refractivity contribution >= 4 is 21.5 Å². The van der Waals surface area contributed by atoms with Gasteiger partial charge in [0.15, 0.2) is 5.84 Å². The maximum Gasteiger partial charge on any atom is 0.266 e. The number of hydrogen-bond acceptors (Lipinski definition) is 6. The van der Waals surface area contributed by atoms with E-state index in [0.29, 0.717) is 29.5 Å². The number of hydrogen-bond donors (Lipinski definition) is 0. The van der Waals surface area contributed by atoms with Crippen LogP contribution in [0.4, 0.5) is 5.69 Å². The Hall–Kier alpha value is -3.26. The van der Waals surface area contributed by atoms with Gasteiger partial charge in [-0.05, 0) is 54.8 Å². The first-order valence-corrected chi connectivity index (χ1v) is 11.4. The third-order valence-electron chi connectivity index (χ3n) is 5.41. The van der Waals surface area contributed by atoms with E-state index in [1.54, 1.807) is 45.5 Å². The largest absolute Gasteiger partial charge is 0.497 e. The van der Waals surface area contributed by atoms with E-state index in [4.69, 9.17) is 14.5 Å². The fourth-order valence-corrected chi connectivity index (χ4v) is 4.95. The van der Waals surface area contributed by atoms with E-state index in [-0.39, 0.29) is 4.90 Å². The van der Waals surface area contributed by atoms with E-state index < -0.39 is 10.0 Å². The second kappa shape index (κ2) is 8.47. The number of fused-ring (bicyclic) bond motifs is 2. The lowest BCUT2D eigenvalue weighted by Gasteiger charge is -2.29. The molecular formula is C23H25N3O4S. The highest BCUT2D eigenvalue weighted by atomic mass is 32.2. The number of methoxy groups -OCH3 is 2. The van der Waals surface area contributed by atoms with E-state index in [1.165, 1.54) is 9.87 Å². The number of allylic oxidation sites excluding steroid dienone is 2. The molecule has 0 radical (unpaired) electrons.